The Kier molecular flexibility index (Phi) is 6.06. The first-order valence-electron chi connectivity index (χ1n) is 10.4. The number of amides is 1. The number of nitrogens with one attached hydrogen (secondary N) is 1. The van der Waals surface area contributed by atoms with Crippen molar-refractivity contribution < 1.29 is 27.3 Å². The molecule has 1 N–H and O–H groups in total. The number of carbonyl (C=O) groups excluding carboxylic acids is 1. The van der Waals surface area contributed by atoms with E-state index >= 15 is 0 Å². The van der Waals surface area contributed by atoms with E-state index in [-0.39, 0.29) is 16.7 Å². The minimum absolute atomic E-state index is 0.0685. The summed E-state index contributed by atoms with van der Waals surface area (Å²) >= 11 is 0. The molecule has 2 aliphatic rings. The van der Waals surface area contributed by atoms with E-state index in [1.807, 2.05) is 13.0 Å². The van der Waals surface area contributed by atoms with Crippen LogP contribution < -0.4 is 4.72 Å². The molecule has 1 atom stereocenters. The van der Waals surface area contributed by atoms with E-state index in [1.54, 1.807) is 23.1 Å². The highest BCUT2D eigenvalue weighted by Gasteiger charge is 2.42. The normalized spacial score (nSPS) is 20.9. The van der Waals surface area contributed by atoms with E-state index in [0.717, 1.165) is 11.6 Å². The Morgan fingerprint density at radius 1 is 1.25 bits per heavy atom. The lowest BCUT2D eigenvalue weighted by atomic mass is 9.82. The van der Waals surface area contributed by atoms with Crippen LogP contribution in [-0.4, -0.2) is 55.5 Å². The molecule has 1 unspecified atom stereocenters. The number of ether oxygens (including phenoxy) is 1. The minimum Gasteiger partial charge on any atom is -0.395 e. The molecule has 1 aromatic carbocycles. The fourth-order valence-corrected chi connectivity index (χ4v) is 5.74. The molecule has 3 heterocycles. The number of nitrogens with zero attached hydrogens (tertiary/aromatic N) is 2. The topological polar surface area (TPSA) is 132 Å². The molecule has 1 aromatic heterocycles. The number of benzene rings is 1. The second-order valence-electron chi connectivity index (χ2n) is 8.35. The summed E-state index contributed by atoms with van der Waals surface area (Å²) in [5.74, 6) is -0.942. The average molecular weight is 464 g/mol. The van der Waals surface area contributed by atoms with Crippen molar-refractivity contribution in [3.8, 4) is 0 Å². The number of likely N-dealkylation sites (tertiary alicyclic amines) is 1. The second-order valence-corrected chi connectivity index (χ2v) is 10.1. The maximum atomic E-state index is 12.8. The zero-order valence-electron chi connectivity index (χ0n) is 17.7. The number of rotatable bonds is 5. The van der Waals surface area contributed by atoms with Gasteiger partial charge >= 0.3 is 5.88 Å². The summed E-state index contributed by atoms with van der Waals surface area (Å²) in [6.45, 7) is 3.06. The van der Waals surface area contributed by atoms with Gasteiger partial charge in [0.2, 0.25) is 10.0 Å². The van der Waals surface area contributed by atoms with Crippen LogP contribution in [0.4, 0.5) is 5.88 Å². The molecule has 0 radical (unpaired) electrons. The standard InChI is InChI=1S/C21H25N3O7S/c1-15-3-2-4-17(13-15)32(28,29)22-16-7-12-30-21(14-16)8-10-23(11-9-21)20(25)18-5-6-19(31-18)24(26)27/h2-6,13,16,22H,7-12,14H2,1H3. The van der Waals surface area contributed by atoms with Crippen molar-refractivity contribution in [3.05, 3.63) is 57.8 Å². The van der Waals surface area contributed by atoms with Crippen LogP contribution in [0.5, 0.6) is 0 Å². The molecule has 1 amide bonds. The summed E-state index contributed by atoms with van der Waals surface area (Å²) in [5, 5.41) is 10.8. The van der Waals surface area contributed by atoms with Crippen molar-refractivity contribution in [2.45, 2.75) is 49.1 Å². The second kappa shape index (κ2) is 8.64. The average Bonchev–Trinajstić information content (AvgIpc) is 3.24. The van der Waals surface area contributed by atoms with E-state index in [1.165, 1.54) is 6.07 Å². The van der Waals surface area contributed by atoms with Crippen molar-refractivity contribution >= 4 is 21.8 Å². The largest absolute Gasteiger partial charge is 0.433 e. The van der Waals surface area contributed by atoms with Crippen molar-refractivity contribution in [3.63, 3.8) is 0 Å². The van der Waals surface area contributed by atoms with E-state index in [9.17, 15) is 23.3 Å². The van der Waals surface area contributed by atoms with Gasteiger partial charge in [-0.2, -0.15) is 0 Å². The molecule has 2 aliphatic heterocycles. The zero-order valence-corrected chi connectivity index (χ0v) is 18.5. The van der Waals surface area contributed by atoms with E-state index < -0.39 is 32.3 Å². The van der Waals surface area contributed by atoms with Gasteiger partial charge in [-0.25, -0.2) is 13.1 Å². The molecule has 1 spiro atoms. The van der Waals surface area contributed by atoms with E-state index in [2.05, 4.69) is 4.72 Å². The lowest BCUT2D eigenvalue weighted by Crippen LogP contribution is -2.54. The van der Waals surface area contributed by atoms with Gasteiger partial charge in [0.05, 0.1) is 16.6 Å². The number of hydrogen-bond acceptors (Lipinski definition) is 7. The molecule has 172 valence electrons. The molecule has 10 nitrogen and oxygen atoms in total. The van der Waals surface area contributed by atoms with Crippen LogP contribution in [0.2, 0.25) is 0 Å². The van der Waals surface area contributed by atoms with Gasteiger partial charge in [0.1, 0.15) is 4.92 Å². The van der Waals surface area contributed by atoms with Crippen LogP contribution in [0, 0.1) is 17.0 Å². The third-order valence-corrected chi connectivity index (χ3v) is 7.58. The summed E-state index contributed by atoms with van der Waals surface area (Å²) in [7, 11) is -3.64. The van der Waals surface area contributed by atoms with Crippen molar-refractivity contribution in [2.75, 3.05) is 19.7 Å². The zero-order chi connectivity index (χ0) is 22.9. The number of furan rings is 1. The maximum Gasteiger partial charge on any atom is 0.433 e. The van der Waals surface area contributed by atoms with Crippen LogP contribution in [-0.2, 0) is 14.8 Å². The number of nitro groups is 1. The van der Waals surface area contributed by atoms with Gasteiger partial charge in [0.15, 0.2) is 5.76 Å². The first-order chi connectivity index (χ1) is 15.2. The summed E-state index contributed by atoms with van der Waals surface area (Å²) in [6, 6.07) is 8.98. The minimum atomic E-state index is -3.64. The van der Waals surface area contributed by atoms with Crippen LogP contribution >= 0.6 is 0 Å². The third-order valence-electron chi connectivity index (χ3n) is 6.06. The van der Waals surface area contributed by atoms with Gasteiger partial charge < -0.3 is 14.1 Å². The van der Waals surface area contributed by atoms with E-state index in [4.69, 9.17) is 9.15 Å². The summed E-state index contributed by atoms with van der Waals surface area (Å²) in [6.07, 6.45) is 2.19. The Hall–Kier alpha value is -2.76. The first kappa shape index (κ1) is 22.4. The Balaban J connectivity index is 1.38. The van der Waals surface area contributed by atoms with Gasteiger partial charge in [0, 0.05) is 25.7 Å². The molecule has 4 rings (SSSR count). The van der Waals surface area contributed by atoms with Crippen LogP contribution in [0.3, 0.4) is 0 Å². The predicted molar refractivity (Wildman–Crippen MR) is 114 cm³/mol. The fraction of sp³-hybridized carbons (Fsp3) is 0.476. The van der Waals surface area contributed by atoms with Gasteiger partial charge in [0.25, 0.3) is 5.91 Å². The quantitative estimate of drug-likeness (QED) is 0.532. The first-order valence-corrected chi connectivity index (χ1v) is 11.9. The van der Waals surface area contributed by atoms with Crippen molar-refractivity contribution in [1.82, 2.24) is 9.62 Å². The Morgan fingerprint density at radius 3 is 2.66 bits per heavy atom. The molecule has 2 aromatic rings. The molecular weight excluding hydrogens is 438 g/mol. The molecular formula is C21H25N3O7S. The maximum absolute atomic E-state index is 12.8. The SMILES string of the molecule is Cc1cccc(S(=O)(=O)NC2CCOC3(CCN(C(=O)c4ccc([N+](=O)[O-])o4)CC3)C2)c1. The number of hydrogen-bond donors (Lipinski definition) is 1. The van der Waals surface area contributed by atoms with Crippen LogP contribution in [0.25, 0.3) is 0 Å². The summed E-state index contributed by atoms with van der Waals surface area (Å²) < 4.78 is 39.5. The molecule has 0 aliphatic carbocycles. The summed E-state index contributed by atoms with van der Waals surface area (Å²) in [4.78, 5) is 24.5. The molecule has 0 saturated carbocycles. The lowest BCUT2D eigenvalue weighted by molar-refractivity contribution is -0.402. The number of sulfonamides is 1. The van der Waals surface area contributed by atoms with Crippen molar-refractivity contribution in [2.24, 2.45) is 0 Å². The molecule has 2 saturated heterocycles. The van der Waals surface area contributed by atoms with E-state index in [0.29, 0.717) is 45.4 Å². The highest BCUT2D eigenvalue weighted by molar-refractivity contribution is 7.89. The third kappa shape index (κ3) is 4.69. The van der Waals surface area contributed by atoms with Gasteiger partial charge in [-0.05, 0) is 56.4 Å². The van der Waals surface area contributed by atoms with Gasteiger partial charge in [-0.1, -0.05) is 12.1 Å². The lowest BCUT2D eigenvalue weighted by Gasteiger charge is -2.46. The molecule has 0 bridgehead atoms. The number of piperidine rings is 1. The van der Waals surface area contributed by atoms with Crippen LogP contribution in [0.15, 0.2) is 45.7 Å². The monoisotopic (exact) mass is 463 g/mol. The Bertz CT molecular complexity index is 1120. The number of carbonyl (C=O) groups is 1. The number of aryl methyl sites for hydroxylation is 1. The van der Waals surface area contributed by atoms with Crippen molar-refractivity contribution in [1.29, 1.82) is 0 Å². The van der Waals surface area contributed by atoms with Gasteiger partial charge in [-0.3, -0.25) is 14.9 Å². The highest BCUT2D eigenvalue weighted by atomic mass is 32.2. The van der Waals surface area contributed by atoms with Gasteiger partial charge in [-0.15, -0.1) is 0 Å². The van der Waals surface area contributed by atoms with Crippen LogP contribution in [0.1, 0.15) is 41.8 Å². The molecule has 11 heteroatoms. The molecule has 32 heavy (non-hydrogen) atoms. The summed E-state index contributed by atoms with van der Waals surface area (Å²) in [5.41, 5.74) is 0.361. The highest BCUT2D eigenvalue weighted by Crippen LogP contribution is 2.36. The molecule has 2 fully saturated rings. The Morgan fingerprint density at radius 2 is 2.00 bits per heavy atom. The predicted octanol–water partition coefficient (Wildman–Crippen LogP) is 2.63. The fourth-order valence-electron chi connectivity index (χ4n) is 4.36. The smallest absolute Gasteiger partial charge is 0.395 e. The Labute approximate surface area is 185 Å².